The van der Waals surface area contributed by atoms with Crippen LogP contribution in [0.15, 0.2) is 18.2 Å². The Kier molecular flexibility index (Phi) is 2.96. The van der Waals surface area contributed by atoms with Crippen molar-refractivity contribution in [3.05, 3.63) is 29.3 Å². The van der Waals surface area contributed by atoms with Gasteiger partial charge in [0.05, 0.1) is 6.04 Å². The predicted molar refractivity (Wildman–Crippen MR) is 62.3 cm³/mol. The second kappa shape index (κ2) is 4.23. The Hall–Kier alpha value is -1.02. The molecule has 0 aliphatic carbocycles. The number of fused-ring (bicyclic) bond motifs is 1. The number of hydrogen-bond acceptors (Lipinski definition) is 2. The van der Waals surface area contributed by atoms with Crippen molar-refractivity contribution < 1.29 is 4.74 Å². The van der Waals surface area contributed by atoms with Gasteiger partial charge in [0.15, 0.2) is 0 Å². The van der Waals surface area contributed by atoms with E-state index in [2.05, 4.69) is 37.4 Å². The predicted octanol–water partition coefficient (Wildman–Crippen LogP) is 2.68. The molecule has 1 aliphatic heterocycles. The van der Waals surface area contributed by atoms with Gasteiger partial charge in [-0.2, -0.15) is 0 Å². The van der Waals surface area contributed by atoms with Crippen molar-refractivity contribution in [2.75, 3.05) is 7.05 Å². The molecular formula is C13H19NO. The number of aryl methyl sites for hydroxylation is 1. The van der Waals surface area contributed by atoms with E-state index in [4.69, 9.17) is 4.74 Å². The van der Waals surface area contributed by atoms with E-state index < -0.39 is 0 Å². The zero-order chi connectivity index (χ0) is 10.8. The maximum atomic E-state index is 5.90. The molecule has 2 rings (SSSR count). The van der Waals surface area contributed by atoms with Gasteiger partial charge in [0, 0.05) is 5.56 Å². The molecule has 0 fully saturated rings. The fraction of sp³-hybridized carbons (Fsp3) is 0.538. The molecule has 0 saturated heterocycles. The van der Waals surface area contributed by atoms with Gasteiger partial charge in [-0.25, -0.2) is 0 Å². The molecule has 1 aliphatic rings. The zero-order valence-electron chi connectivity index (χ0n) is 9.71. The molecule has 2 heteroatoms. The third-order valence-electron chi connectivity index (χ3n) is 3.18. The SMILES string of the molecule is CCc1ccc2c(c1)C(NC)C(CC)O2. The molecule has 15 heavy (non-hydrogen) atoms. The lowest BCUT2D eigenvalue weighted by Gasteiger charge is -2.16. The van der Waals surface area contributed by atoms with Gasteiger partial charge in [0.25, 0.3) is 0 Å². The summed E-state index contributed by atoms with van der Waals surface area (Å²) in [5.74, 6) is 1.05. The molecule has 0 radical (unpaired) electrons. The minimum atomic E-state index is 0.289. The fourth-order valence-corrected chi connectivity index (χ4v) is 2.26. The highest BCUT2D eigenvalue weighted by Crippen LogP contribution is 2.38. The van der Waals surface area contributed by atoms with Gasteiger partial charge in [0.2, 0.25) is 0 Å². The first-order valence-electron chi connectivity index (χ1n) is 5.76. The Morgan fingerprint density at radius 1 is 1.33 bits per heavy atom. The standard InChI is InChI=1S/C13H19NO/c1-4-9-6-7-12-10(8-9)13(14-3)11(5-2)15-12/h6-8,11,13-14H,4-5H2,1-3H3. The van der Waals surface area contributed by atoms with Crippen LogP contribution in [0.5, 0.6) is 5.75 Å². The Morgan fingerprint density at radius 2 is 2.13 bits per heavy atom. The second-order valence-electron chi connectivity index (χ2n) is 4.06. The van der Waals surface area contributed by atoms with E-state index in [0.717, 1.165) is 18.6 Å². The summed E-state index contributed by atoms with van der Waals surface area (Å²) in [5.41, 5.74) is 2.71. The first-order chi connectivity index (χ1) is 7.30. The van der Waals surface area contributed by atoms with Crippen LogP contribution in [0.3, 0.4) is 0 Å². The maximum Gasteiger partial charge on any atom is 0.124 e. The van der Waals surface area contributed by atoms with Crippen LogP contribution in [0, 0.1) is 0 Å². The van der Waals surface area contributed by atoms with Crippen molar-refractivity contribution in [1.29, 1.82) is 0 Å². The lowest BCUT2D eigenvalue weighted by molar-refractivity contribution is 0.189. The average Bonchev–Trinajstić information content (AvgIpc) is 2.65. The summed E-state index contributed by atoms with van der Waals surface area (Å²) in [5, 5.41) is 3.35. The van der Waals surface area contributed by atoms with Crippen molar-refractivity contribution in [1.82, 2.24) is 5.32 Å². The van der Waals surface area contributed by atoms with E-state index in [-0.39, 0.29) is 6.10 Å². The van der Waals surface area contributed by atoms with E-state index in [0.29, 0.717) is 6.04 Å². The van der Waals surface area contributed by atoms with Crippen LogP contribution in [-0.4, -0.2) is 13.2 Å². The summed E-state index contributed by atoms with van der Waals surface area (Å²) in [6.45, 7) is 4.35. The van der Waals surface area contributed by atoms with Gasteiger partial charge < -0.3 is 10.1 Å². The average molecular weight is 205 g/mol. The fourth-order valence-electron chi connectivity index (χ4n) is 2.26. The Labute approximate surface area is 91.6 Å². The van der Waals surface area contributed by atoms with Gasteiger partial charge in [-0.3, -0.25) is 0 Å². The van der Waals surface area contributed by atoms with Gasteiger partial charge in [0.1, 0.15) is 11.9 Å². The molecule has 82 valence electrons. The monoisotopic (exact) mass is 205 g/mol. The summed E-state index contributed by atoms with van der Waals surface area (Å²) in [6, 6.07) is 6.89. The zero-order valence-corrected chi connectivity index (χ0v) is 9.71. The Morgan fingerprint density at radius 3 is 2.73 bits per heavy atom. The lowest BCUT2D eigenvalue weighted by Crippen LogP contribution is -2.27. The van der Waals surface area contributed by atoms with Crippen LogP contribution in [-0.2, 0) is 6.42 Å². The molecule has 0 saturated carbocycles. The quantitative estimate of drug-likeness (QED) is 0.819. The van der Waals surface area contributed by atoms with Crippen molar-refractivity contribution in [3.63, 3.8) is 0 Å². The third-order valence-corrected chi connectivity index (χ3v) is 3.18. The normalized spacial score (nSPS) is 23.7. The molecule has 2 nitrogen and oxygen atoms in total. The molecule has 2 unspecified atom stereocenters. The maximum absolute atomic E-state index is 5.90. The number of nitrogens with one attached hydrogen (secondary N) is 1. The summed E-state index contributed by atoms with van der Waals surface area (Å²) >= 11 is 0. The third kappa shape index (κ3) is 1.74. The van der Waals surface area contributed by atoms with E-state index in [1.807, 2.05) is 7.05 Å². The van der Waals surface area contributed by atoms with Crippen LogP contribution in [0.1, 0.15) is 37.4 Å². The number of likely N-dealkylation sites (N-methyl/N-ethyl adjacent to an activating group) is 1. The molecular weight excluding hydrogens is 186 g/mol. The van der Waals surface area contributed by atoms with E-state index in [1.54, 1.807) is 0 Å². The highest BCUT2D eigenvalue weighted by Gasteiger charge is 2.31. The summed E-state index contributed by atoms with van der Waals surface area (Å²) in [7, 11) is 2.00. The minimum Gasteiger partial charge on any atom is -0.488 e. The van der Waals surface area contributed by atoms with Crippen molar-refractivity contribution in [2.45, 2.75) is 38.8 Å². The number of rotatable bonds is 3. The Bertz CT molecular complexity index is 348. The molecule has 1 aromatic rings. The van der Waals surface area contributed by atoms with Gasteiger partial charge >= 0.3 is 0 Å². The molecule has 1 N–H and O–H groups in total. The summed E-state index contributed by atoms with van der Waals surface area (Å²) in [4.78, 5) is 0. The van der Waals surface area contributed by atoms with Crippen LogP contribution in [0.2, 0.25) is 0 Å². The molecule has 1 aromatic carbocycles. The molecule has 0 aromatic heterocycles. The Balaban J connectivity index is 2.36. The largest absolute Gasteiger partial charge is 0.488 e. The molecule has 2 atom stereocenters. The van der Waals surface area contributed by atoms with Gasteiger partial charge in [-0.05, 0) is 31.5 Å². The molecule has 1 heterocycles. The van der Waals surface area contributed by atoms with E-state index in [9.17, 15) is 0 Å². The minimum absolute atomic E-state index is 0.289. The first-order valence-corrected chi connectivity index (χ1v) is 5.76. The summed E-state index contributed by atoms with van der Waals surface area (Å²) in [6.07, 6.45) is 2.42. The molecule has 0 bridgehead atoms. The smallest absolute Gasteiger partial charge is 0.124 e. The van der Waals surface area contributed by atoms with Crippen molar-refractivity contribution >= 4 is 0 Å². The number of benzene rings is 1. The van der Waals surface area contributed by atoms with Crippen LogP contribution in [0.4, 0.5) is 0 Å². The van der Waals surface area contributed by atoms with Gasteiger partial charge in [-0.1, -0.05) is 26.0 Å². The van der Waals surface area contributed by atoms with Crippen LogP contribution >= 0.6 is 0 Å². The lowest BCUT2D eigenvalue weighted by atomic mass is 9.99. The summed E-state index contributed by atoms with van der Waals surface area (Å²) < 4.78 is 5.90. The van der Waals surface area contributed by atoms with Crippen molar-refractivity contribution in [2.24, 2.45) is 0 Å². The van der Waals surface area contributed by atoms with Crippen LogP contribution in [0.25, 0.3) is 0 Å². The van der Waals surface area contributed by atoms with E-state index >= 15 is 0 Å². The van der Waals surface area contributed by atoms with E-state index in [1.165, 1.54) is 11.1 Å². The highest BCUT2D eigenvalue weighted by atomic mass is 16.5. The first kappa shape index (κ1) is 10.5. The van der Waals surface area contributed by atoms with Gasteiger partial charge in [-0.15, -0.1) is 0 Å². The number of ether oxygens (including phenoxy) is 1. The molecule has 0 spiro atoms. The van der Waals surface area contributed by atoms with Crippen LogP contribution < -0.4 is 10.1 Å². The number of hydrogen-bond donors (Lipinski definition) is 1. The van der Waals surface area contributed by atoms with Crippen molar-refractivity contribution in [3.8, 4) is 5.75 Å². The molecule has 0 amide bonds. The topological polar surface area (TPSA) is 21.3 Å². The second-order valence-corrected chi connectivity index (χ2v) is 4.06. The highest BCUT2D eigenvalue weighted by molar-refractivity contribution is 5.43.